The fraction of sp³-hybridized carbons (Fsp3) is 0.375. The molecule has 2 heterocycles. The van der Waals surface area contributed by atoms with Crippen molar-refractivity contribution in [3.63, 3.8) is 0 Å². The zero-order valence-electron chi connectivity index (χ0n) is 13.3. The monoisotopic (exact) mass is 302 g/mol. The highest BCUT2D eigenvalue weighted by molar-refractivity contribution is 6.62. The van der Waals surface area contributed by atoms with Gasteiger partial charge in [-0.25, -0.2) is 4.39 Å². The third kappa shape index (κ3) is 2.32. The van der Waals surface area contributed by atoms with Gasteiger partial charge in [-0.2, -0.15) is 0 Å². The first-order valence-corrected chi connectivity index (χ1v) is 7.29. The van der Waals surface area contributed by atoms with Crippen molar-refractivity contribution >= 4 is 18.3 Å². The number of halogens is 1. The first-order chi connectivity index (χ1) is 10.2. The summed E-state index contributed by atoms with van der Waals surface area (Å²) in [5.74, 6) is -0.392. The van der Waals surface area contributed by atoms with Gasteiger partial charge in [0.05, 0.1) is 22.6 Å². The number of nitrogen functional groups attached to an aromatic ring is 1. The Kier molecular flexibility index (Phi) is 3.34. The lowest BCUT2D eigenvalue weighted by Crippen LogP contribution is -2.41. The molecule has 2 aromatic rings. The molecule has 2 N–H and O–H groups in total. The molecule has 0 amide bonds. The van der Waals surface area contributed by atoms with Crippen LogP contribution in [0.2, 0.25) is 0 Å². The summed E-state index contributed by atoms with van der Waals surface area (Å²) in [7, 11) is -0.758. The largest absolute Gasteiger partial charge is 0.497 e. The fourth-order valence-corrected chi connectivity index (χ4v) is 2.47. The highest BCUT2D eigenvalue weighted by Crippen LogP contribution is 2.37. The standard InChI is InChI=1S/C16H20BFN2O2/c1-15(2)16(3,4)22-17(21-15)11-9-13(19)14(10-12(11)18)20-7-5-6-8-20/h5-10H,19H2,1-4H3. The lowest BCUT2D eigenvalue weighted by molar-refractivity contribution is 0.00578. The van der Waals surface area contributed by atoms with E-state index in [1.807, 2.05) is 52.2 Å². The maximum absolute atomic E-state index is 14.5. The molecule has 0 saturated carbocycles. The number of hydrogen-bond donors (Lipinski definition) is 1. The molecule has 22 heavy (non-hydrogen) atoms. The number of hydrogen-bond acceptors (Lipinski definition) is 3. The van der Waals surface area contributed by atoms with Gasteiger partial charge in [-0.3, -0.25) is 0 Å². The molecule has 0 radical (unpaired) electrons. The van der Waals surface area contributed by atoms with Crippen LogP contribution in [-0.2, 0) is 9.31 Å². The number of aromatic nitrogens is 1. The molecular formula is C16H20BFN2O2. The van der Waals surface area contributed by atoms with Gasteiger partial charge < -0.3 is 19.6 Å². The van der Waals surface area contributed by atoms with Gasteiger partial charge >= 0.3 is 7.12 Å². The number of anilines is 1. The van der Waals surface area contributed by atoms with Crippen LogP contribution in [-0.4, -0.2) is 22.9 Å². The van der Waals surface area contributed by atoms with Gasteiger partial charge in [-0.1, -0.05) is 0 Å². The Bertz CT molecular complexity index is 682. The maximum Gasteiger partial charge on any atom is 0.497 e. The fourth-order valence-electron chi connectivity index (χ4n) is 2.47. The lowest BCUT2D eigenvalue weighted by atomic mass is 9.78. The van der Waals surface area contributed by atoms with Crippen LogP contribution in [0.1, 0.15) is 27.7 Å². The minimum atomic E-state index is -0.758. The van der Waals surface area contributed by atoms with Crippen molar-refractivity contribution in [1.29, 1.82) is 0 Å². The van der Waals surface area contributed by atoms with E-state index in [4.69, 9.17) is 15.0 Å². The Morgan fingerprint density at radius 3 is 2.14 bits per heavy atom. The second-order valence-electron chi connectivity index (χ2n) is 6.61. The van der Waals surface area contributed by atoms with Gasteiger partial charge in [0, 0.05) is 17.9 Å². The summed E-state index contributed by atoms with van der Waals surface area (Å²) in [6.07, 6.45) is 3.64. The summed E-state index contributed by atoms with van der Waals surface area (Å²) in [5.41, 5.74) is 6.45. The molecule has 0 unspecified atom stereocenters. The molecule has 0 atom stereocenters. The highest BCUT2D eigenvalue weighted by atomic mass is 19.1. The van der Waals surface area contributed by atoms with Crippen LogP contribution in [0.4, 0.5) is 10.1 Å². The van der Waals surface area contributed by atoms with Gasteiger partial charge in [0.15, 0.2) is 0 Å². The van der Waals surface area contributed by atoms with Crippen molar-refractivity contribution in [3.8, 4) is 5.69 Å². The Hall–Kier alpha value is -1.79. The van der Waals surface area contributed by atoms with E-state index in [0.29, 0.717) is 16.8 Å². The molecule has 1 aromatic heterocycles. The molecule has 0 aliphatic carbocycles. The molecule has 0 bridgehead atoms. The lowest BCUT2D eigenvalue weighted by Gasteiger charge is -2.32. The van der Waals surface area contributed by atoms with E-state index in [1.165, 1.54) is 6.07 Å². The number of benzene rings is 1. The predicted octanol–water partition coefficient (Wildman–Crippen LogP) is 2.50. The first kappa shape index (κ1) is 15.1. The second kappa shape index (κ2) is 4.86. The summed E-state index contributed by atoms with van der Waals surface area (Å²) >= 11 is 0. The van der Waals surface area contributed by atoms with Crippen molar-refractivity contribution in [2.24, 2.45) is 0 Å². The summed E-state index contributed by atoms with van der Waals surface area (Å²) in [6.45, 7) is 7.73. The number of rotatable bonds is 2. The molecule has 4 nitrogen and oxygen atoms in total. The van der Waals surface area contributed by atoms with Crippen LogP contribution in [0.15, 0.2) is 36.7 Å². The van der Waals surface area contributed by atoms with Crippen molar-refractivity contribution < 1.29 is 13.7 Å². The van der Waals surface area contributed by atoms with Gasteiger partial charge in [0.2, 0.25) is 0 Å². The van der Waals surface area contributed by atoms with Crippen molar-refractivity contribution in [1.82, 2.24) is 4.57 Å². The smallest absolute Gasteiger partial charge is 0.399 e. The van der Waals surface area contributed by atoms with Crippen LogP contribution in [0.3, 0.4) is 0 Å². The average molecular weight is 302 g/mol. The quantitative estimate of drug-likeness (QED) is 0.685. The van der Waals surface area contributed by atoms with Crippen molar-refractivity contribution in [2.45, 2.75) is 38.9 Å². The minimum Gasteiger partial charge on any atom is -0.399 e. The topological polar surface area (TPSA) is 49.4 Å². The van der Waals surface area contributed by atoms with Crippen LogP contribution in [0.25, 0.3) is 5.69 Å². The predicted molar refractivity (Wildman–Crippen MR) is 85.9 cm³/mol. The molecule has 3 rings (SSSR count). The molecular weight excluding hydrogens is 282 g/mol. The van der Waals surface area contributed by atoms with E-state index in [2.05, 4.69) is 0 Å². The Morgan fingerprint density at radius 1 is 1.05 bits per heavy atom. The summed E-state index contributed by atoms with van der Waals surface area (Å²) in [6, 6.07) is 6.72. The average Bonchev–Trinajstić information content (AvgIpc) is 2.99. The normalized spacial score (nSPS) is 19.6. The molecule has 1 aliphatic rings. The van der Waals surface area contributed by atoms with Crippen LogP contribution < -0.4 is 11.2 Å². The third-order valence-electron chi connectivity index (χ3n) is 4.54. The number of nitrogens with two attached hydrogens (primary N) is 1. The highest BCUT2D eigenvalue weighted by Gasteiger charge is 2.52. The molecule has 0 spiro atoms. The Labute approximate surface area is 130 Å². The van der Waals surface area contributed by atoms with E-state index in [9.17, 15) is 4.39 Å². The van der Waals surface area contributed by atoms with Gasteiger partial charge in [-0.05, 0) is 52.0 Å². The van der Waals surface area contributed by atoms with Crippen LogP contribution in [0, 0.1) is 5.82 Å². The molecule has 1 aliphatic heterocycles. The molecule has 1 saturated heterocycles. The van der Waals surface area contributed by atoms with E-state index < -0.39 is 24.1 Å². The second-order valence-corrected chi connectivity index (χ2v) is 6.61. The summed E-state index contributed by atoms with van der Waals surface area (Å²) < 4.78 is 28.1. The summed E-state index contributed by atoms with van der Waals surface area (Å²) in [4.78, 5) is 0. The molecule has 116 valence electrons. The Balaban J connectivity index is 1.99. The van der Waals surface area contributed by atoms with E-state index in [1.54, 1.807) is 10.6 Å². The summed E-state index contributed by atoms with van der Waals surface area (Å²) in [5, 5.41) is 0. The first-order valence-electron chi connectivity index (χ1n) is 7.29. The Morgan fingerprint density at radius 2 is 1.59 bits per heavy atom. The minimum absolute atomic E-state index is 0.326. The van der Waals surface area contributed by atoms with E-state index in [-0.39, 0.29) is 0 Å². The van der Waals surface area contributed by atoms with Gasteiger partial charge in [0.25, 0.3) is 0 Å². The van der Waals surface area contributed by atoms with Crippen LogP contribution >= 0.6 is 0 Å². The third-order valence-corrected chi connectivity index (χ3v) is 4.54. The SMILES string of the molecule is CC1(C)OB(c2cc(N)c(-n3cccc3)cc2F)OC1(C)C. The molecule has 6 heteroatoms. The van der Waals surface area contributed by atoms with Crippen molar-refractivity contribution in [3.05, 3.63) is 42.5 Å². The van der Waals surface area contributed by atoms with Crippen LogP contribution in [0.5, 0.6) is 0 Å². The maximum atomic E-state index is 14.5. The van der Waals surface area contributed by atoms with Crippen molar-refractivity contribution in [2.75, 3.05) is 5.73 Å². The van der Waals surface area contributed by atoms with E-state index in [0.717, 1.165) is 0 Å². The zero-order chi connectivity index (χ0) is 16.1. The molecule has 1 fully saturated rings. The number of nitrogens with zero attached hydrogens (tertiary/aromatic N) is 1. The van der Waals surface area contributed by atoms with Gasteiger partial charge in [-0.15, -0.1) is 0 Å². The van der Waals surface area contributed by atoms with E-state index >= 15 is 0 Å². The zero-order valence-corrected chi connectivity index (χ0v) is 13.3. The molecule has 1 aromatic carbocycles. The van der Waals surface area contributed by atoms with Gasteiger partial charge in [0.1, 0.15) is 5.82 Å².